The van der Waals surface area contributed by atoms with Gasteiger partial charge < -0.3 is 4.90 Å². The van der Waals surface area contributed by atoms with Crippen LogP contribution in [0.2, 0.25) is 0 Å². The molecule has 0 atom stereocenters. The molecule has 2 aromatic rings. The summed E-state index contributed by atoms with van der Waals surface area (Å²) in [5, 5.41) is 0. The van der Waals surface area contributed by atoms with Gasteiger partial charge in [-0.1, -0.05) is 17.7 Å². The van der Waals surface area contributed by atoms with E-state index in [9.17, 15) is 13.2 Å². The lowest BCUT2D eigenvalue weighted by Crippen LogP contribution is -2.21. The number of carbonyl (C=O) groups is 1. The molecule has 0 N–H and O–H groups in total. The molecule has 6 heteroatoms. The Hall–Kier alpha value is -1.92. The van der Waals surface area contributed by atoms with Gasteiger partial charge in [0.15, 0.2) is 5.78 Å². The highest BCUT2D eigenvalue weighted by Crippen LogP contribution is 2.16. The summed E-state index contributed by atoms with van der Waals surface area (Å²) in [6, 6.07) is 8.14. The normalized spacial score (nSPS) is 11.8. The van der Waals surface area contributed by atoms with Crippen LogP contribution in [0.15, 0.2) is 47.6 Å². The van der Waals surface area contributed by atoms with E-state index >= 15 is 0 Å². The zero-order chi connectivity index (χ0) is 15.6. The van der Waals surface area contributed by atoms with Gasteiger partial charge >= 0.3 is 0 Å². The molecule has 0 saturated heterocycles. The number of aryl methyl sites for hydroxylation is 1. The number of aromatic nitrogens is 1. The Bertz CT molecular complexity index is 743. The van der Waals surface area contributed by atoms with E-state index in [1.807, 2.05) is 6.92 Å². The summed E-state index contributed by atoms with van der Waals surface area (Å²) in [6.07, 6.45) is 2.76. The maximum Gasteiger partial charge on any atom is 0.267 e. The molecule has 0 bridgehead atoms. The molecule has 0 amide bonds. The second-order valence-electron chi connectivity index (χ2n) is 5.21. The largest absolute Gasteiger partial charge is 0.302 e. The van der Waals surface area contributed by atoms with Crippen LogP contribution in [0.1, 0.15) is 15.9 Å². The lowest BCUT2D eigenvalue weighted by molar-refractivity contribution is 0.0958. The molecule has 5 nitrogen and oxygen atoms in total. The van der Waals surface area contributed by atoms with Crippen LogP contribution in [0.25, 0.3) is 0 Å². The second-order valence-corrected chi connectivity index (χ2v) is 7.05. The highest BCUT2D eigenvalue weighted by Gasteiger charge is 2.18. The maximum absolute atomic E-state index is 12.4. The fraction of sp³-hybridized carbons (Fsp3) is 0.267. The average molecular weight is 306 g/mol. The third-order valence-corrected chi connectivity index (χ3v) is 4.70. The van der Waals surface area contributed by atoms with E-state index in [1.165, 1.54) is 18.5 Å². The molecule has 21 heavy (non-hydrogen) atoms. The summed E-state index contributed by atoms with van der Waals surface area (Å²) < 4.78 is 26.0. The zero-order valence-corrected chi connectivity index (χ0v) is 13.1. The molecule has 0 radical (unpaired) electrons. The molecular weight excluding hydrogens is 288 g/mol. The molecule has 1 aromatic heterocycles. The molecule has 0 aliphatic rings. The van der Waals surface area contributed by atoms with Crippen molar-refractivity contribution in [2.45, 2.75) is 11.8 Å². The number of nitrogens with zero attached hydrogens (tertiary/aromatic N) is 2. The van der Waals surface area contributed by atoms with Crippen LogP contribution in [0.3, 0.4) is 0 Å². The summed E-state index contributed by atoms with van der Waals surface area (Å²) in [4.78, 5) is 13.9. The van der Waals surface area contributed by atoms with E-state index in [1.54, 1.807) is 43.3 Å². The number of likely N-dealkylation sites (N-methyl/N-ethyl adjacent to an activating group) is 1. The second kappa shape index (κ2) is 5.83. The molecule has 1 heterocycles. The number of hydrogen-bond donors (Lipinski definition) is 0. The van der Waals surface area contributed by atoms with E-state index in [-0.39, 0.29) is 17.2 Å². The molecule has 0 aliphatic heterocycles. The number of Topliss-reactive ketones (excluding diaryl/α,β-unsaturated/α-hetero) is 1. The lowest BCUT2D eigenvalue weighted by Gasteiger charge is -2.07. The first-order valence-electron chi connectivity index (χ1n) is 6.49. The van der Waals surface area contributed by atoms with Crippen LogP contribution in [0.4, 0.5) is 0 Å². The Balaban J connectivity index is 2.32. The number of ketones is 1. The van der Waals surface area contributed by atoms with E-state index < -0.39 is 10.0 Å². The topological polar surface area (TPSA) is 59.4 Å². The van der Waals surface area contributed by atoms with Crippen molar-refractivity contribution in [3.05, 3.63) is 53.9 Å². The SMILES string of the molecule is Cc1ccc(S(=O)(=O)n2ccc(C(=O)CN(C)C)c2)cc1. The molecular formula is C15H18N2O3S. The standard InChI is InChI=1S/C15H18N2O3S/c1-12-4-6-14(7-5-12)21(19,20)17-9-8-13(10-17)15(18)11-16(2)3/h4-10H,11H2,1-3H3. The van der Waals surface area contributed by atoms with Crippen molar-refractivity contribution in [2.75, 3.05) is 20.6 Å². The van der Waals surface area contributed by atoms with Crippen molar-refractivity contribution in [3.8, 4) is 0 Å². The van der Waals surface area contributed by atoms with Gasteiger partial charge in [0.1, 0.15) is 0 Å². The van der Waals surface area contributed by atoms with E-state index in [4.69, 9.17) is 0 Å². The molecule has 0 aliphatic carbocycles. The van der Waals surface area contributed by atoms with Crippen LogP contribution in [-0.2, 0) is 10.0 Å². The minimum atomic E-state index is -3.65. The van der Waals surface area contributed by atoms with Gasteiger partial charge in [0, 0.05) is 18.0 Å². The lowest BCUT2D eigenvalue weighted by atomic mass is 10.2. The van der Waals surface area contributed by atoms with Crippen LogP contribution < -0.4 is 0 Å². The molecule has 0 saturated carbocycles. The number of rotatable bonds is 5. The molecule has 0 unspecified atom stereocenters. The fourth-order valence-corrected chi connectivity index (χ4v) is 3.10. The van der Waals surface area contributed by atoms with Gasteiger partial charge in [0.05, 0.1) is 11.4 Å². The van der Waals surface area contributed by atoms with Crippen LogP contribution in [0.5, 0.6) is 0 Å². The summed E-state index contributed by atoms with van der Waals surface area (Å²) in [5.74, 6) is -0.113. The van der Waals surface area contributed by atoms with Gasteiger partial charge in [-0.15, -0.1) is 0 Å². The Labute approximate surface area is 124 Å². The highest BCUT2D eigenvalue weighted by atomic mass is 32.2. The fourth-order valence-electron chi connectivity index (χ4n) is 1.90. The van der Waals surface area contributed by atoms with Crippen molar-refractivity contribution in [1.29, 1.82) is 0 Å². The number of benzene rings is 1. The van der Waals surface area contributed by atoms with Gasteiger partial charge in [0.2, 0.25) is 0 Å². The minimum absolute atomic E-state index is 0.113. The van der Waals surface area contributed by atoms with Gasteiger partial charge in [-0.05, 0) is 39.2 Å². The first-order chi connectivity index (χ1) is 9.80. The molecule has 2 rings (SSSR count). The monoisotopic (exact) mass is 306 g/mol. The van der Waals surface area contributed by atoms with Crippen LogP contribution in [0, 0.1) is 6.92 Å². The zero-order valence-electron chi connectivity index (χ0n) is 12.3. The summed E-state index contributed by atoms with van der Waals surface area (Å²) in [7, 11) is -0.0668. The first-order valence-corrected chi connectivity index (χ1v) is 7.93. The smallest absolute Gasteiger partial charge is 0.267 e. The Morgan fingerprint density at radius 1 is 1.14 bits per heavy atom. The quantitative estimate of drug-likeness (QED) is 0.790. The van der Waals surface area contributed by atoms with Crippen LogP contribution in [-0.4, -0.2) is 43.7 Å². The third kappa shape index (κ3) is 3.40. The molecule has 112 valence electrons. The predicted molar refractivity (Wildman–Crippen MR) is 81.1 cm³/mol. The van der Waals surface area contributed by atoms with Crippen molar-refractivity contribution in [3.63, 3.8) is 0 Å². The molecule has 1 aromatic carbocycles. The summed E-state index contributed by atoms with van der Waals surface area (Å²) >= 11 is 0. The molecule has 0 fully saturated rings. The van der Waals surface area contributed by atoms with Crippen molar-refractivity contribution >= 4 is 15.8 Å². The van der Waals surface area contributed by atoms with Gasteiger partial charge in [-0.25, -0.2) is 12.4 Å². The van der Waals surface area contributed by atoms with Crippen molar-refractivity contribution < 1.29 is 13.2 Å². The highest BCUT2D eigenvalue weighted by molar-refractivity contribution is 7.90. The van der Waals surface area contributed by atoms with E-state index in [2.05, 4.69) is 0 Å². The first kappa shape index (κ1) is 15.5. The summed E-state index contributed by atoms with van der Waals surface area (Å²) in [5.41, 5.74) is 1.38. The van der Waals surface area contributed by atoms with Crippen LogP contribution >= 0.6 is 0 Å². The van der Waals surface area contributed by atoms with Crippen molar-refractivity contribution in [2.24, 2.45) is 0 Å². The third-order valence-electron chi connectivity index (χ3n) is 3.05. The van der Waals surface area contributed by atoms with Crippen molar-refractivity contribution in [1.82, 2.24) is 8.87 Å². The van der Waals surface area contributed by atoms with Gasteiger partial charge in [-0.2, -0.15) is 0 Å². The average Bonchev–Trinajstić information content (AvgIpc) is 2.88. The predicted octanol–water partition coefficient (Wildman–Crippen LogP) is 1.78. The summed E-state index contributed by atoms with van der Waals surface area (Å²) in [6.45, 7) is 2.14. The van der Waals surface area contributed by atoms with Gasteiger partial charge in [0.25, 0.3) is 10.0 Å². The Morgan fingerprint density at radius 3 is 2.33 bits per heavy atom. The molecule has 0 spiro atoms. The number of hydrogen-bond acceptors (Lipinski definition) is 4. The Kier molecular flexibility index (Phi) is 4.29. The maximum atomic E-state index is 12.4. The number of carbonyl (C=O) groups excluding carboxylic acids is 1. The van der Waals surface area contributed by atoms with E-state index in [0.717, 1.165) is 9.54 Å². The minimum Gasteiger partial charge on any atom is -0.302 e. The Morgan fingerprint density at radius 2 is 1.76 bits per heavy atom. The van der Waals surface area contributed by atoms with Gasteiger partial charge in [-0.3, -0.25) is 4.79 Å². The van der Waals surface area contributed by atoms with E-state index in [0.29, 0.717) is 5.56 Å².